The van der Waals surface area contributed by atoms with Gasteiger partial charge in [0.25, 0.3) is 5.69 Å². The van der Waals surface area contributed by atoms with Gasteiger partial charge in [0, 0.05) is 6.07 Å². The van der Waals surface area contributed by atoms with Gasteiger partial charge in [0.2, 0.25) is 17.1 Å². The smallest absolute Gasteiger partial charge is 0.338 e. The van der Waals surface area contributed by atoms with Crippen molar-refractivity contribution in [2.45, 2.75) is 5.75 Å². The third kappa shape index (κ3) is 4.63. The standard InChI is InChI=1S/C10H12N3O4S.BrH/c1-17-9(14)6-3-2-4-8(13(15)16)7(6)5-18-10(11)12;/h2-4H,5,11-12H2,1H3;1H/q+1;/p-1. The first-order chi connectivity index (χ1) is 8.47. The molecule has 0 aliphatic heterocycles. The minimum atomic E-state index is -0.634. The summed E-state index contributed by atoms with van der Waals surface area (Å²) in [7, 11) is 1.21. The summed E-state index contributed by atoms with van der Waals surface area (Å²) < 4.78 is 4.58. The molecular weight excluding hydrogens is 338 g/mol. The van der Waals surface area contributed by atoms with Crippen molar-refractivity contribution in [2.24, 2.45) is 11.5 Å². The summed E-state index contributed by atoms with van der Waals surface area (Å²) in [5, 5.41) is 11.0. The number of nitrogens with zero attached hydrogens (tertiary/aromatic N) is 1. The summed E-state index contributed by atoms with van der Waals surface area (Å²) in [6, 6.07) is 4.20. The molecule has 7 nitrogen and oxygen atoms in total. The fourth-order valence-corrected chi connectivity index (χ4v) is 1.97. The zero-order chi connectivity index (χ0) is 13.7. The van der Waals surface area contributed by atoms with Gasteiger partial charge in [-0.25, -0.2) is 16.3 Å². The lowest BCUT2D eigenvalue weighted by Crippen LogP contribution is -3.00. The van der Waals surface area contributed by atoms with E-state index in [2.05, 4.69) is 4.74 Å². The molecule has 0 bridgehead atoms. The molecule has 0 amide bonds. The number of nitrogens with two attached hydrogens (primary N) is 2. The predicted octanol–water partition coefficient (Wildman–Crippen LogP) is -3.03. The Bertz CT molecular complexity index is 517. The Labute approximate surface area is 123 Å². The van der Waals surface area contributed by atoms with E-state index in [4.69, 9.17) is 11.5 Å². The minimum Gasteiger partial charge on any atom is -1.00 e. The number of benzene rings is 1. The van der Waals surface area contributed by atoms with Crippen LogP contribution in [0.15, 0.2) is 18.2 Å². The number of methoxy groups -OCH3 is 1. The average molecular weight is 350 g/mol. The van der Waals surface area contributed by atoms with E-state index in [1.807, 2.05) is 0 Å². The van der Waals surface area contributed by atoms with Crippen molar-refractivity contribution in [3.05, 3.63) is 39.4 Å². The maximum Gasteiger partial charge on any atom is 0.338 e. The van der Waals surface area contributed by atoms with Gasteiger partial charge in [-0.05, 0) is 6.07 Å². The second-order valence-corrected chi connectivity index (χ2v) is 4.29. The van der Waals surface area contributed by atoms with Crippen LogP contribution >= 0.6 is 0 Å². The molecule has 0 fully saturated rings. The number of rotatable bonds is 4. The van der Waals surface area contributed by atoms with Crippen molar-refractivity contribution in [1.29, 1.82) is 0 Å². The number of carbonyl (C=O) groups excluding carboxylic acids is 1. The third-order valence-corrected chi connectivity index (χ3v) is 2.90. The molecule has 1 rings (SSSR count). The van der Waals surface area contributed by atoms with Crippen molar-refractivity contribution in [3.8, 4) is 0 Å². The van der Waals surface area contributed by atoms with Crippen LogP contribution in [0, 0.1) is 10.1 Å². The molecular formula is C10H12BrN3O4S. The molecule has 19 heavy (non-hydrogen) atoms. The molecule has 0 aliphatic rings. The number of ether oxygens (including phenoxy) is 1. The van der Waals surface area contributed by atoms with Crippen LogP contribution < -0.4 is 28.4 Å². The highest BCUT2D eigenvalue weighted by molar-refractivity contribution is 7.77. The minimum absolute atomic E-state index is 0. The summed E-state index contributed by atoms with van der Waals surface area (Å²) in [6.45, 7) is 0. The Morgan fingerprint density at radius 3 is 2.58 bits per heavy atom. The van der Waals surface area contributed by atoms with E-state index in [1.165, 1.54) is 25.3 Å². The van der Waals surface area contributed by atoms with E-state index >= 15 is 0 Å². The molecule has 4 N–H and O–H groups in total. The van der Waals surface area contributed by atoms with Crippen LogP contribution in [0.25, 0.3) is 0 Å². The van der Waals surface area contributed by atoms with Crippen LogP contribution in [0.5, 0.6) is 0 Å². The Kier molecular flexibility index (Phi) is 7.30. The highest BCUT2D eigenvalue weighted by atomic mass is 79.9. The summed E-state index contributed by atoms with van der Waals surface area (Å²) in [4.78, 5) is 21.9. The van der Waals surface area contributed by atoms with Gasteiger partial charge in [-0.2, -0.15) is 0 Å². The van der Waals surface area contributed by atoms with Crippen LogP contribution in [-0.2, 0) is 21.8 Å². The second kappa shape index (κ2) is 7.89. The molecule has 0 radical (unpaired) electrons. The van der Waals surface area contributed by atoms with Crippen molar-refractivity contribution in [1.82, 2.24) is 0 Å². The molecule has 0 unspecified atom stereocenters. The molecule has 9 heteroatoms. The van der Waals surface area contributed by atoms with Gasteiger partial charge in [-0.15, -0.1) is 0 Å². The van der Waals surface area contributed by atoms with Crippen LogP contribution in [0.1, 0.15) is 15.9 Å². The van der Waals surface area contributed by atoms with E-state index in [9.17, 15) is 14.9 Å². The SMILES string of the molecule is COC(=O)c1cccc([N+](=O)[O-])c1C[S+]=C(N)N.[Br-]. The zero-order valence-corrected chi connectivity index (χ0v) is 12.4. The molecule has 0 heterocycles. The van der Waals surface area contributed by atoms with Crippen LogP contribution in [0.2, 0.25) is 0 Å². The van der Waals surface area contributed by atoms with E-state index in [0.29, 0.717) is 0 Å². The van der Waals surface area contributed by atoms with Gasteiger partial charge in [0.05, 0.1) is 17.6 Å². The van der Waals surface area contributed by atoms with Crippen LogP contribution in [0.4, 0.5) is 5.69 Å². The largest absolute Gasteiger partial charge is 1.00 e. The molecule has 104 valence electrons. The summed E-state index contributed by atoms with van der Waals surface area (Å²) in [5.41, 5.74) is 10.8. The summed E-state index contributed by atoms with van der Waals surface area (Å²) >= 11 is 1.02. The number of nitro groups is 1. The highest BCUT2D eigenvalue weighted by Crippen LogP contribution is 2.23. The van der Waals surface area contributed by atoms with Crippen molar-refractivity contribution >= 4 is 28.1 Å². The maximum atomic E-state index is 11.5. The molecule has 1 aromatic rings. The molecule has 0 spiro atoms. The third-order valence-electron chi connectivity index (χ3n) is 2.14. The second-order valence-electron chi connectivity index (χ2n) is 3.24. The Hall–Kier alpha value is -1.42. The Balaban J connectivity index is 0.00000324. The summed E-state index contributed by atoms with van der Waals surface area (Å²) in [6.07, 6.45) is 0. The van der Waals surface area contributed by atoms with Gasteiger partial charge in [-0.3, -0.25) is 10.1 Å². The number of esters is 1. The monoisotopic (exact) mass is 349 g/mol. The zero-order valence-electron chi connectivity index (χ0n) is 9.96. The first-order valence-electron chi connectivity index (χ1n) is 4.82. The lowest BCUT2D eigenvalue weighted by atomic mass is 10.1. The number of halogens is 1. The van der Waals surface area contributed by atoms with Crippen LogP contribution in [-0.4, -0.2) is 23.1 Å². The fraction of sp³-hybridized carbons (Fsp3) is 0.200. The van der Waals surface area contributed by atoms with Gasteiger partial charge in [0.15, 0.2) is 0 Å². The number of nitro benzene ring substituents is 1. The lowest BCUT2D eigenvalue weighted by molar-refractivity contribution is -0.385. The molecule has 0 aliphatic carbocycles. The number of hydrogen-bond acceptors (Lipinski definition) is 4. The van der Waals surface area contributed by atoms with E-state index in [0.717, 1.165) is 11.4 Å². The topological polar surface area (TPSA) is 121 Å². The van der Waals surface area contributed by atoms with Gasteiger partial charge >= 0.3 is 11.1 Å². The van der Waals surface area contributed by atoms with Crippen molar-refractivity contribution < 1.29 is 31.4 Å². The molecule has 0 aromatic heterocycles. The van der Waals surface area contributed by atoms with E-state index < -0.39 is 10.9 Å². The van der Waals surface area contributed by atoms with Gasteiger partial charge in [0.1, 0.15) is 5.56 Å². The quantitative estimate of drug-likeness (QED) is 0.196. The maximum absolute atomic E-state index is 11.5. The van der Waals surface area contributed by atoms with Gasteiger partial charge < -0.3 is 21.7 Å². The highest BCUT2D eigenvalue weighted by Gasteiger charge is 2.25. The fourth-order valence-electron chi connectivity index (χ4n) is 1.35. The molecule has 0 atom stereocenters. The molecule has 0 saturated carbocycles. The Morgan fingerprint density at radius 1 is 1.47 bits per heavy atom. The van der Waals surface area contributed by atoms with Crippen molar-refractivity contribution in [3.63, 3.8) is 0 Å². The number of carbonyl (C=O) groups is 1. The average Bonchev–Trinajstić information content (AvgIpc) is 2.34. The van der Waals surface area contributed by atoms with E-state index in [-0.39, 0.29) is 44.7 Å². The molecule has 0 saturated heterocycles. The van der Waals surface area contributed by atoms with E-state index in [1.54, 1.807) is 0 Å². The van der Waals surface area contributed by atoms with Crippen molar-refractivity contribution in [2.75, 3.05) is 7.11 Å². The lowest BCUT2D eigenvalue weighted by Gasteiger charge is -2.03. The predicted molar refractivity (Wildman–Crippen MR) is 68.9 cm³/mol. The van der Waals surface area contributed by atoms with Crippen LogP contribution in [0.3, 0.4) is 0 Å². The molecule has 1 aromatic carbocycles. The Morgan fingerprint density at radius 2 is 2.11 bits per heavy atom. The first kappa shape index (κ1) is 17.6. The summed E-state index contributed by atoms with van der Waals surface area (Å²) in [5.74, 6) is -0.505. The first-order valence-corrected chi connectivity index (χ1v) is 5.81. The van der Waals surface area contributed by atoms with Gasteiger partial charge in [-0.1, -0.05) is 6.07 Å². The number of hydrogen-bond donors (Lipinski definition) is 2. The normalized spacial score (nSPS) is 9.21.